The highest BCUT2D eigenvalue weighted by Crippen LogP contribution is 2.54. The maximum atomic E-state index is 15.5. The minimum absolute atomic E-state index is 0.466. The summed E-state index contributed by atoms with van der Waals surface area (Å²) >= 11 is 0. The van der Waals surface area contributed by atoms with Gasteiger partial charge in [-0.05, 0) is 31.0 Å². The van der Waals surface area contributed by atoms with Crippen LogP contribution in [0.2, 0.25) is 0 Å². The van der Waals surface area contributed by atoms with Crippen LogP contribution >= 0.6 is 7.14 Å². The Balaban J connectivity index is 1.82. The second-order valence-electron chi connectivity index (χ2n) is 9.72. The van der Waals surface area contributed by atoms with Crippen LogP contribution in [0.1, 0.15) is 39.0 Å². The first-order chi connectivity index (χ1) is 17.7. The highest BCUT2D eigenvalue weighted by Gasteiger charge is 2.38. The summed E-state index contributed by atoms with van der Waals surface area (Å²) in [6.07, 6.45) is 6.17. The number of hydrogen-bond donors (Lipinski definition) is 0. The van der Waals surface area contributed by atoms with Gasteiger partial charge in [0.1, 0.15) is 0 Å². The molecule has 4 aromatic carbocycles. The van der Waals surface area contributed by atoms with Crippen molar-refractivity contribution in [3.8, 4) is 0 Å². The van der Waals surface area contributed by atoms with E-state index in [9.17, 15) is 0 Å². The largest absolute Gasteiger partial charge is 0.309 e. The van der Waals surface area contributed by atoms with Crippen molar-refractivity contribution < 1.29 is 4.57 Å². The quantitative estimate of drug-likeness (QED) is 0.202. The molecule has 0 N–H and O–H groups in total. The minimum Gasteiger partial charge on any atom is -0.309 e. The number of rotatable bonds is 7. The van der Waals surface area contributed by atoms with Crippen LogP contribution in [-0.4, -0.2) is 8.80 Å². The topological polar surface area (TPSA) is 17.1 Å². The molecule has 1 aliphatic rings. The van der Waals surface area contributed by atoms with E-state index in [-0.39, 0.29) is 0 Å². The molecule has 0 amide bonds. The van der Waals surface area contributed by atoms with Crippen molar-refractivity contribution in [2.24, 2.45) is 5.92 Å². The Labute approximate surface area is 217 Å². The molecule has 1 radical (unpaired) electrons. The average Bonchev–Trinajstić information content (AvgIpc) is 2.97. The normalized spacial score (nSPS) is 15.5. The average molecular weight is 506 g/mol. The summed E-state index contributed by atoms with van der Waals surface area (Å²) in [5.41, 5.74) is 0. The Morgan fingerprint density at radius 1 is 0.611 bits per heavy atom. The second-order valence-corrected chi connectivity index (χ2v) is 15.1. The zero-order valence-electron chi connectivity index (χ0n) is 21.0. The van der Waals surface area contributed by atoms with Crippen molar-refractivity contribution in [3.05, 3.63) is 132 Å². The smallest absolute Gasteiger partial charge is 0.166 e. The summed E-state index contributed by atoms with van der Waals surface area (Å²) in [6.45, 7) is 2.20. The lowest BCUT2D eigenvalue weighted by Gasteiger charge is -2.34. The second kappa shape index (κ2) is 11.4. The van der Waals surface area contributed by atoms with E-state index in [1.165, 1.54) is 47.7 Å². The molecule has 0 heterocycles. The molecule has 0 spiro atoms. The summed E-state index contributed by atoms with van der Waals surface area (Å²) in [7, 11) is -4.35. The summed E-state index contributed by atoms with van der Waals surface area (Å²) in [6, 6.07) is 42.4. The van der Waals surface area contributed by atoms with Gasteiger partial charge in [0.05, 0.1) is 0 Å². The number of allylic oxidation sites excluding steroid dienone is 2. The fourth-order valence-corrected chi connectivity index (χ4v) is 12.4. The van der Waals surface area contributed by atoms with E-state index in [4.69, 9.17) is 0 Å². The predicted molar refractivity (Wildman–Crippen MR) is 157 cm³/mol. The highest BCUT2D eigenvalue weighted by molar-refractivity contribution is 7.82. The summed E-state index contributed by atoms with van der Waals surface area (Å²) in [5.74, 6) is 0.466. The highest BCUT2D eigenvalue weighted by atomic mass is 31.2. The van der Waals surface area contributed by atoms with Crippen LogP contribution in [0, 0.1) is 5.92 Å². The van der Waals surface area contributed by atoms with Gasteiger partial charge in [-0.15, -0.1) is 0 Å². The van der Waals surface area contributed by atoms with Gasteiger partial charge in [-0.2, -0.15) is 0 Å². The van der Waals surface area contributed by atoms with Gasteiger partial charge < -0.3 is 4.57 Å². The fourth-order valence-electron chi connectivity index (χ4n) is 5.74. The van der Waals surface area contributed by atoms with Gasteiger partial charge in [-0.3, -0.25) is 0 Å². The SMILES string of the molecule is C/C(=C(/C1CCCCC1)[Si](c1ccccc1)c1ccccc1)P(=O)(c1ccccc1)c1ccccc1. The van der Waals surface area contributed by atoms with Crippen LogP contribution in [0.3, 0.4) is 0 Å². The van der Waals surface area contributed by atoms with Crippen LogP contribution in [0.4, 0.5) is 0 Å². The molecule has 0 aromatic heterocycles. The molecule has 1 nitrogen and oxygen atoms in total. The van der Waals surface area contributed by atoms with Crippen molar-refractivity contribution in [2.75, 3.05) is 0 Å². The molecule has 0 unspecified atom stereocenters. The minimum atomic E-state index is -3.03. The lowest BCUT2D eigenvalue weighted by atomic mass is 9.89. The fraction of sp³-hybridized carbons (Fsp3) is 0.212. The van der Waals surface area contributed by atoms with Gasteiger partial charge >= 0.3 is 0 Å². The first kappa shape index (κ1) is 24.7. The molecule has 36 heavy (non-hydrogen) atoms. The van der Waals surface area contributed by atoms with E-state index in [0.29, 0.717) is 5.92 Å². The van der Waals surface area contributed by atoms with E-state index >= 15 is 4.57 Å². The molecular formula is C33H34OPSi. The first-order valence-corrected chi connectivity index (χ1v) is 16.3. The molecule has 4 aromatic rings. The third-order valence-electron chi connectivity index (χ3n) is 7.51. The van der Waals surface area contributed by atoms with Crippen molar-refractivity contribution in [1.82, 2.24) is 0 Å². The van der Waals surface area contributed by atoms with Gasteiger partial charge in [0.25, 0.3) is 0 Å². The standard InChI is InChI=1S/C33H34OPSi/c1-27(35(34,29-19-9-3-10-20-29)30-21-11-4-12-22-30)33(28-17-7-2-8-18-28)36(31-23-13-5-14-24-31)32-25-15-6-16-26-32/h3-6,9-16,19-26,28H,2,7-8,17-18H2,1H3/b33-27+. The molecule has 0 atom stereocenters. The maximum Gasteiger partial charge on any atom is 0.166 e. The summed E-state index contributed by atoms with van der Waals surface area (Å²) in [5, 5.41) is 7.19. The van der Waals surface area contributed by atoms with E-state index in [2.05, 4.69) is 91.9 Å². The molecular weight excluding hydrogens is 471 g/mol. The van der Waals surface area contributed by atoms with Crippen molar-refractivity contribution in [2.45, 2.75) is 39.0 Å². The van der Waals surface area contributed by atoms with Crippen LogP contribution in [-0.2, 0) is 4.57 Å². The predicted octanol–water partition coefficient (Wildman–Crippen LogP) is 6.70. The summed E-state index contributed by atoms with van der Waals surface area (Å²) < 4.78 is 15.5. The van der Waals surface area contributed by atoms with Crippen molar-refractivity contribution in [1.29, 1.82) is 0 Å². The van der Waals surface area contributed by atoms with Gasteiger partial charge in [-0.1, -0.05) is 156 Å². The van der Waals surface area contributed by atoms with Crippen LogP contribution in [0.25, 0.3) is 0 Å². The molecule has 1 aliphatic carbocycles. The first-order valence-electron chi connectivity index (χ1n) is 13.1. The molecule has 0 saturated heterocycles. The van der Waals surface area contributed by atoms with Crippen LogP contribution < -0.4 is 21.0 Å². The number of benzene rings is 4. The van der Waals surface area contributed by atoms with E-state index < -0.39 is 15.9 Å². The molecule has 1 fully saturated rings. The maximum absolute atomic E-state index is 15.5. The number of hydrogen-bond acceptors (Lipinski definition) is 1. The Kier molecular flexibility index (Phi) is 7.85. The van der Waals surface area contributed by atoms with E-state index in [1.807, 2.05) is 36.4 Å². The van der Waals surface area contributed by atoms with Crippen molar-refractivity contribution >= 4 is 36.9 Å². The van der Waals surface area contributed by atoms with Crippen LogP contribution in [0.5, 0.6) is 0 Å². The zero-order valence-corrected chi connectivity index (χ0v) is 22.9. The molecule has 5 rings (SSSR count). The lowest BCUT2D eigenvalue weighted by Crippen LogP contribution is -2.47. The molecule has 0 bridgehead atoms. The van der Waals surface area contributed by atoms with Gasteiger partial charge in [0.15, 0.2) is 15.9 Å². The zero-order chi connectivity index (χ0) is 24.8. The Bertz CT molecular complexity index is 1240. The lowest BCUT2D eigenvalue weighted by molar-refractivity contribution is 0.412. The third kappa shape index (κ3) is 4.98. The van der Waals surface area contributed by atoms with Gasteiger partial charge in [0.2, 0.25) is 0 Å². The van der Waals surface area contributed by atoms with Gasteiger partial charge in [0, 0.05) is 10.6 Å². The molecule has 3 heteroatoms. The summed E-state index contributed by atoms with van der Waals surface area (Å²) in [4.78, 5) is 0. The van der Waals surface area contributed by atoms with E-state index in [0.717, 1.165) is 15.9 Å². The van der Waals surface area contributed by atoms with Crippen LogP contribution in [0.15, 0.2) is 132 Å². The third-order valence-corrected chi connectivity index (χ3v) is 14.1. The van der Waals surface area contributed by atoms with Gasteiger partial charge in [-0.25, -0.2) is 0 Å². The van der Waals surface area contributed by atoms with E-state index in [1.54, 1.807) is 0 Å². The Hall–Kier alpha value is -2.93. The molecule has 0 aliphatic heterocycles. The Morgan fingerprint density at radius 3 is 1.42 bits per heavy atom. The van der Waals surface area contributed by atoms with Crippen molar-refractivity contribution in [3.63, 3.8) is 0 Å². The Morgan fingerprint density at radius 2 is 1.00 bits per heavy atom. The molecule has 1 saturated carbocycles. The molecule has 181 valence electrons. The monoisotopic (exact) mass is 505 g/mol.